The summed E-state index contributed by atoms with van der Waals surface area (Å²) in [7, 11) is 0. The van der Waals surface area contributed by atoms with Crippen molar-refractivity contribution in [2.24, 2.45) is 5.92 Å². The largest absolute Gasteiger partial charge is 0.393 e. The Bertz CT molecular complexity index is 231. The van der Waals surface area contributed by atoms with E-state index in [1.165, 1.54) is 12.8 Å². The molecule has 0 spiro atoms. The Morgan fingerprint density at radius 2 is 1.94 bits per heavy atom. The minimum Gasteiger partial charge on any atom is -0.393 e. The standard InChI is InChI=1S/C14H27NO3/c16-12-6-5-11(7-12)8-15-9-13(17)10-18-14-3-1-2-4-14/h11-17H,1-10H2. The molecule has 0 aromatic carbocycles. The maximum Gasteiger partial charge on any atom is 0.0897 e. The predicted octanol–water partition coefficient (Wildman–Crippen LogP) is 1.06. The Balaban J connectivity index is 1.47. The summed E-state index contributed by atoms with van der Waals surface area (Å²) in [6.45, 7) is 1.95. The van der Waals surface area contributed by atoms with E-state index in [4.69, 9.17) is 4.74 Å². The number of rotatable bonds is 7. The third kappa shape index (κ3) is 4.84. The lowest BCUT2D eigenvalue weighted by Crippen LogP contribution is -2.34. The predicted molar refractivity (Wildman–Crippen MR) is 70.4 cm³/mol. The van der Waals surface area contributed by atoms with Crippen LogP contribution in [0.15, 0.2) is 0 Å². The van der Waals surface area contributed by atoms with Crippen molar-refractivity contribution >= 4 is 0 Å². The second kappa shape index (κ2) is 7.43. The van der Waals surface area contributed by atoms with Crippen LogP contribution >= 0.6 is 0 Å². The van der Waals surface area contributed by atoms with Gasteiger partial charge in [-0.3, -0.25) is 0 Å². The molecule has 18 heavy (non-hydrogen) atoms. The van der Waals surface area contributed by atoms with E-state index in [9.17, 15) is 10.2 Å². The number of hydrogen-bond donors (Lipinski definition) is 3. The summed E-state index contributed by atoms with van der Waals surface area (Å²) in [5.74, 6) is 0.572. The molecule has 3 N–H and O–H groups in total. The molecule has 3 unspecified atom stereocenters. The van der Waals surface area contributed by atoms with Crippen LogP contribution in [-0.2, 0) is 4.74 Å². The van der Waals surface area contributed by atoms with Gasteiger partial charge in [-0.25, -0.2) is 0 Å². The van der Waals surface area contributed by atoms with Gasteiger partial charge in [0.25, 0.3) is 0 Å². The lowest BCUT2D eigenvalue weighted by Gasteiger charge is -2.17. The summed E-state index contributed by atoms with van der Waals surface area (Å²) in [5.41, 5.74) is 0. The lowest BCUT2D eigenvalue weighted by atomic mass is 10.1. The van der Waals surface area contributed by atoms with Gasteiger partial charge in [-0.05, 0) is 44.6 Å². The quantitative estimate of drug-likeness (QED) is 0.638. The van der Waals surface area contributed by atoms with Crippen LogP contribution in [0.25, 0.3) is 0 Å². The first-order valence-corrected chi connectivity index (χ1v) is 7.42. The molecule has 0 bridgehead atoms. The first-order chi connectivity index (χ1) is 8.74. The molecule has 0 radical (unpaired) electrons. The van der Waals surface area contributed by atoms with Gasteiger partial charge in [0.1, 0.15) is 0 Å². The minimum absolute atomic E-state index is 0.104. The van der Waals surface area contributed by atoms with E-state index in [1.807, 2.05) is 0 Å². The number of nitrogens with one attached hydrogen (secondary N) is 1. The average molecular weight is 257 g/mol. The summed E-state index contributed by atoms with van der Waals surface area (Å²) >= 11 is 0. The van der Waals surface area contributed by atoms with Gasteiger partial charge < -0.3 is 20.3 Å². The highest BCUT2D eigenvalue weighted by Crippen LogP contribution is 2.24. The molecule has 0 heterocycles. The van der Waals surface area contributed by atoms with Crippen molar-refractivity contribution in [1.29, 1.82) is 0 Å². The van der Waals surface area contributed by atoms with E-state index >= 15 is 0 Å². The molecule has 0 saturated heterocycles. The van der Waals surface area contributed by atoms with Gasteiger partial charge >= 0.3 is 0 Å². The van der Waals surface area contributed by atoms with Crippen LogP contribution < -0.4 is 5.32 Å². The third-order valence-electron chi connectivity index (χ3n) is 4.15. The topological polar surface area (TPSA) is 61.7 Å². The third-order valence-corrected chi connectivity index (χ3v) is 4.15. The van der Waals surface area contributed by atoms with Gasteiger partial charge in [-0.2, -0.15) is 0 Å². The van der Waals surface area contributed by atoms with E-state index < -0.39 is 6.10 Å². The molecule has 0 amide bonds. The molecule has 2 aliphatic carbocycles. The summed E-state index contributed by atoms with van der Waals surface area (Å²) in [6, 6.07) is 0. The molecule has 4 heteroatoms. The molecular weight excluding hydrogens is 230 g/mol. The fourth-order valence-corrected chi connectivity index (χ4v) is 3.05. The molecule has 106 valence electrons. The van der Waals surface area contributed by atoms with Crippen LogP contribution in [0, 0.1) is 5.92 Å². The number of aliphatic hydroxyl groups excluding tert-OH is 2. The zero-order valence-corrected chi connectivity index (χ0v) is 11.2. The number of ether oxygens (including phenoxy) is 1. The lowest BCUT2D eigenvalue weighted by molar-refractivity contribution is -0.00562. The molecule has 4 nitrogen and oxygen atoms in total. The Hall–Kier alpha value is -0.160. The maximum absolute atomic E-state index is 9.80. The molecule has 2 rings (SSSR count). The van der Waals surface area contributed by atoms with Gasteiger partial charge in [-0.15, -0.1) is 0 Å². The zero-order valence-electron chi connectivity index (χ0n) is 11.2. The number of aliphatic hydroxyl groups is 2. The van der Waals surface area contributed by atoms with Gasteiger partial charge in [0.05, 0.1) is 24.9 Å². The van der Waals surface area contributed by atoms with Crippen LogP contribution in [-0.4, -0.2) is 48.2 Å². The molecule has 2 aliphatic rings. The van der Waals surface area contributed by atoms with Gasteiger partial charge in [0, 0.05) is 6.54 Å². The molecular formula is C14H27NO3. The Morgan fingerprint density at radius 1 is 1.17 bits per heavy atom. The van der Waals surface area contributed by atoms with Crippen molar-refractivity contribution in [3.05, 3.63) is 0 Å². The van der Waals surface area contributed by atoms with Crippen LogP contribution in [0.2, 0.25) is 0 Å². The van der Waals surface area contributed by atoms with E-state index in [-0.39, 0.29) is 6.10 Å². The van der Waals surface area contributed by atoms with Crippen LogP contribution in [0.3, 0.4) is 0 Å². The Morgan fingerprint density at radius 3 is 2.61 bits per heavy atom. The molecule has 2 fully saturated rings. The summed E-state index contributed by atoms with van der Waals surface area (Å²) in [5, 5.41) is 22.5. The Kier molecular flexibility index (Phi) is 5.89. The smallest absolute Gasteiger partial charge is 0.0897 e. The first-order valence-electron chi connectivity index (χ1n) is 7.42. The van der Waals surface area contributed by atoms with E-state index in [1.54, 1.807) is 0 Å². The first kappa shape index (κ1) is 14.3. The second-order valence-electron chi connectivity index (χ2n) is 5.88. The summed E-state index contributed by atoms with van der Waals surface area (Å²) in [6.07, 6.45) is 7.64. The summed E-state index contributed by atoms with van der Waals surface area (Å²) < 4.78 is 5.67. The summed E-state index contributed by atoms with van der Waals surface area (Å²) in [4.78, 5) is 0. The highest BCUT2D eigenvalue weighted by molar-refractivity contribution is 4.76. The van der Waals surface area contributed by atoms with Crippen molar-refractivity contribution in [3.8, 4) is 0 Å². The van der Waals surface area contributed by atoms with Crippen molar-refractivity contribution in [2.75, 3.05) is 19.7 Å². The van der Waals surface area contributed by atoms with Crippen molar-refractivity contribution in [3.63, 3.8) is 0 Å². The van der Waals surface area contributed by atoms with Gasteiger partial charge in [0.2, 0.25) is 0 Å². The van der Waals surface area contributed by atoms with E-state index in [0.29, 0.717) is 25.2 Å². The van der Waals surface area contributed by atoms with Crippen molar-refractivity contribution < 1.29 is 14.9 Å². The van der Waals surface area contributed by atoms with Gasteiger partial charge in [-0.1, -0.05) is 12.8 Å². The normalized spacial score (nSPS) is 31.0. The fraction of sp³-hybridized carbons (Fsp3) is 1.00. The van der Waals surface area contributed by atoms with Crippen molar-refractivity contribution in [2.45, 2.75) is 63.3 Å². The zero-order chi connectivity index (χ0) is 12.8. The molecule has 3 atom stereocenters. The Labute approximate surface area is 110 Å². The van der Waals surface area contributed by atoms with E-state index in [0.717, 1.165) is 38.6 Å². The fourth-order valence-electron chi connectivity index (χ4n) is 3.05. The van der Waals surface area contributed by atoms with Crippen molar-refractivity contribution in [1.82, 2.24) is 5.32 Å². The average Bonchev–Trinajstić information content (AvgIpc) is 2.98. The minimum atomic E-state index is -0.406. The SMILES string of the molecule is OC(CNCC1CCC(O)C1)COC1CCCC1. The molecule has 0 aliphatic heterocycles. The highest BCUT2D eigenvalue weighted by atomic mass is 16.5. The van der Waals surface area contributed by atoms with Crippen LogP contribution in [0.5, 0.6) is 0 Å². The van der Waals surface area contributed by atoms with Crippen LogP contribution in [0.1, 0.15) is 44.9 Å². The van der Waals surface area contributed by atoms with Crippen LogP contribution in [0.4, 0.5) is 0 Å². The molecule has 2 saturated carbocycles. The second-order valence-corrected chi connectivity index (χ2v) is 5.88. The van der Waals surface area contributed by atoms with Gasteiger partial charge in [0.15, 0.2) is 0 Å². The molecule has 0 aromatic rings. The highest BCUT2D eigenvalue weighted by Gasteiger charge is 2.22. The molecule has 0 aromatic heterocycles. The monoisotopic (exact) mass is 257 g/mol. The number of hydrogen-bond acceptors (Lipinski definition) is 4. The maximum atomic E-state index is 9.80. The van der Waals surface area contributed by atoms with E-state index in [2.05, 4.69) is 5.32 Å².